The lowest BCUT2D eigenvalue weighted by Gasteiger charge is -2.05. The molecule has 1 N–H and O–H groups in total. The third-order valence-electron chi connectivity index (χ3n) is 1.91. The molecule has 0 saturated carbocycles. The van der Waals surface area contributed by atoms with Gasteiger partial charge in [0.2, 0.25) is 5.91 Å². The molecule has 3 nitrogen and oxygen atoms in total. The molecule has 0 heterocycles. The summed E-state index contributed by atoms with van der Waals surface area (Å²) in [6.45, 7) is 3.37. The second-order valence-electron chi connectivity index (χ2n) is 3.31. The molecular formula is C12H17NO2. The van der Waals surface area contributed by atoms with E-state index < -0.39 is 0 Å². The Balaban J connectivity index is 2.17. The Bertz CT molecular complexity index is 285. The van der Waals surface area contributed by atoms with Gasteiger partial charge in [-0.05, 0) is 12.0 Å². The fourth-order valence-corrected chi connectivity index (χ4v) is 1.16. The average Bonchev–Trinajstić information content (AvgIpc) is 2.28. The monoisotopic (exact) mass is 207 g/mol. The number of ether oxygens (including phenoxy) is 1. The van der Waals surface area contributed by atoms with Crippen LogP contribution in [0.25, 0.3) is 0 Å². The van der Waals surface area contributed by atoms with Gasteiger partial charge in [0.25, 0.3) is 0 Å². The van der Waals surface area contributed by atoms with Gasteiger partial charge in [0, 0.05) is 13.2 Å². The standard InChI is InChI=1S/C12H17NO2/c1-2-8-15-10-12(14)13-9-11-6-4-3-5-7-11/h3-7H,2,8-10H2,1H3,(H,13,14). The van der Waals surface area contributed by atoms with Gasteiger partial charge in [0.15, 0.2) is 0 Å². The molecule has 3 heteroatoms. The molecule has 0 unspecified atom stereocenters. The van der Waals surface area contributed by atoms with Crippen molar-refractivity contribution in [2.75, 3.05) is 13.2 Å². The van der Waals surface area contributed by atoms with Gasteiger partial charge in [-0.25, -0.2) is 0 Å². The number of carbonyl (C=O) groups is 1. The maximum atomic E-state index is 11.3. The van der Waals surface area contributed by atoms with E-state index >= 15 is 0 Å². The highest BCUT2D eigenvalue weighted by Gasteiger charge is 1.99. The van der Waals surface area contributed by atoms with Crippen LogP contribution in [0.1, 0.15) is 18.9 Å². The number of hydrogen-bond acceptors (Lipinski definition) is 2. The predicted molar refractivity (Wildman–Crippen MR) is 59.4 cm³/mol. The summed E-state index contributed by atoms with van der Waals surface area (Å²) >= 11 is 0. The van der Waals surface area contributed by atoms with Gasteiger partial charge in [-0.2, -0.15) is 0 Å². The van der Waals surface area contributed by atoms with Gasteiger partial charge in [-0.15, -0.1) is 0 Å². The number of carbonyl (C=O) groups excluding carboxylic acids is 1. The van der Waals surface area contributed by atoms with E-state index in [4.69, 9.17) is 4.74 Å². The van der Waals surface area contributed by atoms with E-state index in [0.29, 0.717) is 13.2 Å². The number of benzene rings is 1. The first-order chi connectivity index (χ1) is 7.33. The van der Waals surface area contributed by atoms with Gasteiger partial charge in [-0.1, -0.05) is 37.3 Å². The van der Waals surface area contributed by atoms with Crippen molar-refractivity contribution >= 4 is 5.91 Å². The first-order valence-electron chi connectivity index (χ1n) is 5.21. The molecule has 0 aliphatic rings. The van der Waals surface area contributed by atoms with Crippen LogP contribution in [0.4, 0.5) is 0 Å². The normalized spacial score (nSPS) is 9.93. The van der Waals surface area contributed by atoms with E-state index in [-0.39, 0.29) is 12.5 Å². The maximum Gasteiger partial charge on any atom is 0.246 e. The van der Waals surface area contributed by atoms with E-state index in [9.17, 15) is 4.79 Å². The Hall–Kier alpha value is -1.35. The lowest BCUT2D eigenvalue weighted by atomic mass is 10.2. The van der Waals surface area contributed by atoms with E-state index in [1.165, 1.54) is 0 Å². The molecule has 1 aromatic rings. The third kappa shape index (κ3) is 5.18. The molecule has 0 atom stereocenters. The van der Waals surface area contributed by atoms with Crippen LogP contribution < -0.4 is 5.32 Å². The van der Waals surface area contributed by atoms with Crippen molar-refractivity contribution in [2.45, 2.75) is 19.9 Å². The molecule has 82 valence electrons. The number of rotatable bonds is 6. The van der Waals surface area contributed by atoms with Crippen molar-refractivity contribution in [3.63, 3.8) is 0 Å². The summed E-state index contributed by atoms with van der Waals surface area (Å²) in [6.07, 6.45) is 0.936. The van der Waals surface area contributed by atoms with Gasteiger partial charge < -0.3 is 10.1 Å². The molecule has 0 bridgehead atoms. The second-order valence-corrected chi connectivity index (χ2v) is 3.31. The van der Waals surface area contributed by atoms with E-state index in [0.717, 1.165) is 12.0 Å². The van der Waals surface area contributed by atoms with Gasteiger partial charge in [0.05, 0.1) is 0 Å². The van der Waals surface area contributed by atoms with Crippen LogP contribution in [-0.4, -0.2) is 19.1 Å². The maximum absolute atomic E-state index is 11.3. The van der Waals surface area contributed by atoms with Crippen molar-refractivity contribution in [1.82, 2.24) is 5.32 Å². The fraction of sp³-hybridized carbons (Fsp3) is 0.417. The zero-order valence-corrected chi connectivity index (χ0v) is 9.03. The van der Waals surface area contributed by atoms with Crippen LogP contribution in [0.5, 0.6) is 0 Å². The summed E-state index contributed by atoms with van der Waals surface area (Å²) in [7, 11) is 0. The lowest BCUT2D eigenvalue weighted by Crippen LogP contribution is -2.27. The van der Waals surface area contributed by atoms with Crippen molar-refractivity contribution in [1.29, 1.82) is 0 Å². The van der Waals surface area contributed by atoms with Crippen molar-refractivity contribution in [2.24, 2.45) is 0 Å². The van der Waals surface area contributed by atoms with E-state index in [2.05, 4.69) is 5.32 Å². The zero-order chi connectivity index (χ0) is 10.9. The van der Waals surface area contributed by atoms with Gasteiger partial charge >= 0.3 is 0 Å². The molecule has 15 heavy (non-hydrogen) atoms. The van der Waals surface area contributed by atoms with Crippen LogP contribution >= 0.6 is 0 Å². The molecule has 1 rings (SSSR count). The van der Waals surface area contributed by atoms with Crippen molar-refractivity contribution < 1.29 is 9.53 Å². The Morgan fingerprint density at radius 3 is 2.73 bits per heavy atom. The molecule has 0 aliphatic carbocycles. The first kappa shape index (κ1) is 11.7. The molecule has 1 amide bonds. The summed E-state index contributed by atoms with van der Waals surface area (Å²) in [4.78, 5) is 11.3. The molecular weight excluding hydrogens is 190 g/mol. The Labute approximate surface area is 90.4 Å². The van der Waals surface area contributed by atoms with Crippen LogP contribution in [0, 0.1) is 0 Å². The minimum atomic E-state index is -0.0627. The summed E-state index contributed by atoms with van der Waals surface area (Å²) in [5.41, 5.74) is 1.10. The van der Waals surface area contributed by atoms with Gasteiger partial charge in [0.1, 0.15) is 6.61 Å². The molecule has 0 spiro atoms. The highest BCUT2D eigenvalue weighted by atomic mass is 16.5. The van der Waals surface area contributed by atoms with Crippen LogP contribution in [0.2, 0.25) is 0 Å². The van der Waals surface area contributed by atoms with Crippen molar-refractivity contribution in [3.8, 4) is 0 Å². The smallest absolute Gasteiger partial charge is 0.246 e. The molecule has 0 aliphatic heterocycles. The first-order valence-corrected chi connectivity index (χ1v) is 5.21. The summed E-state index contributed by atoms with van der Waals surface area (Å²) in [6, 6.07) is 9.82. The lowest BCUT2D eigenvalue weighted by molar-refractivity contribution is -0.125. The minimum Gasteiger partial charge on any atom is -0.372 e. The van der Waals surface area contributed by atoms with Gasteiger partial charge in [-0.3, -0.25) is 4.79 Å². The Kier molecular flexibility index (Phi) is 5.48. The molecule has 0 fully saturated rings. The van der Waals surface area contributed by atoms with Crippen LogP contribution in [0.15, 0.2) is 30.3 Å². The van der Waals surface area contributed by atoms with Crippen molar-refractivity contribution in [3.05, 3.63) is 35.9 Å². The highest BCUT2D eigenvalue weighted by molar-refractivity contribution is 5.77. The number of amides is 1. The summed E-state index contributed by atoms with van der Waals surface area (Å²) in [5, 5.41) is 2.79. The molecule has 1 aromatic carbocycles. The van der Waals surface area contributed by atoms with E-state index in [1.807, 2.05) is 37.3 Å². The Morgan fingerprint density at radius 2 is 2.07 bits per heavy atom. The second kappa shape index (κ2) is 7.01. The quantitative estimate of drug-likeness (QED) is 0.721. The zero-order valence-electron chi connectivity index (χ0n) is 9.03. The molecule has 0 aromatic heterocycles. The number of nitrogens with one attached hydrogen (secondary N) is 1. The average molecular weight is 207 g/mol. The minimum absolute atomic E-state index is 0.0627. The van der Waals surface area contributed by atoms with E-state index in [1.54, 1.807) is 0 Å². The topological polar surface area (TPSA) is 38.3 Å². The third-order valence-corrected chi connectivity index (χ3v) is 1.91. The SMILES string of the molecule is CCCOCC(=O)NCc1ccccc1. The molecule has 0 radical (unpaired) electrons. The fourth-order valence-electron chi connectivity index (χ4n) is 1.16. The Morgan fingerprint density at radius 1 is 1.33 bits per heavy atom. The largest absolute Gasteiger partial charge is 0.372 e. The summed E-state index contributed by atoms with van der Waals surface area (Å²) in [5.74, 6) is -0.0627. The van der Waals surface area contributed by atoms with Crippen LogP contribution in [0.3, 0.4) is 0 Å². The predicted octanol–water partition coefficient (Wildman–Crippen LogP) is 1.73. The highest BCUT2D eigenvalue weighted by Crippen LogP contribution is 1.96. The summed E-state index contributed by atoms with van der Waals surface area (Å²) < 4.78 is 5.12. The molecule has 0 saturated heterocycles. The number of hydrogen-bond donors (Lipinski definition) is 1. The van der Waals surface area contributed by atoms with Crippen LogP contribution in [-0.2, 0) is 16.1 Å².